The molecule has 1 fully saturated rings. The average molecular weight is 232 g/mol. The average Bonchev–Trinajstić information content (AvgIpc) is 2.56. The Morgan fingerprint density at radius 2 is 1.71 bits per heavy atom. The molecule has 3 amide bonds. The van der Waals surface area contributed by atoms with Gasteiger partial charge in [-0.2, -0.15) is 0 Å². The fourth-order valence-electron chi connectivity index (χ4n) is 2.23. The molecule has 1 unspecified atom stereocenters. The first-order valence-electron chi connectivity index (χ1n) is 5.67. The highest BCUT2D eigenvalue weighted by Crippen LogP contribution is 2.32. The Morgan fingerprint density at radius 3 is 2.12 bits per heavy atom. The summed E-state index contributed by atoms with van der Waals surface area (Å²) in [6, 6.07) is 7.24. The standard InChI is InChI=1S/C13H16N2O2/c1-8(2)13(11(16)14-12(17)15-13)10-6-4-9(3)5-7-10/h4-8H,1-3H3,(H2,14,15,16,17). The molecule has 1 aromatic rings. The van der Waals surface area contributed by atoms with Gasteiger partial charge >= 0.3 is 6.03 Å². The minimum Gasteiger partial charge on any atom is -0.319 e. The van der Waals surface area contributed by atoms with Gasteiger partial charge in [-0.25, -0.2) is 4.79 Å². The van der Waals surface area contributed by atoms with Gasteiger partial charge < -0.3 is 5.32 Å². The molecule has 1 heterocycles. The number of urea groups is 1. The van der Waals surface area contributed by atoms with Gasteiger partial charge in [-0.1, -0.05) is 43.7 Å². The Bertz CT molecular complexity index is 465. The van der Waals surface area contributed by atoms with Crippen LogP contribution < -0.4 is 10.6 Å². The van der Waals surface area contributed by atoms with Crippen molar-refractivity contribution in [1.82, 2.24) is 10.6 Å². The van der Waals surface area contributed by atoms with E-state index in [0.29, 0.717) is 0 Å². The Morgan fingerprint density at radius 1 is 1.12 bits per heavy atom. The van der Waals surface area contributed by atoms with Crippen molar-refractivity contribution in [3.05, 3.63) is 35.4 Å². The molecule has 1 aliphatic heterocycles. The zero-order chi connectivity index (χ0) is 12.6. The van der Waals surface area contributed by atoms with Gasteiger partial charge in [0.25, 0.3) is 5.91 Å². The molecule has 17 heavy (non-hydrogen) atoms. The first-order valence-corrected chi connectivity index (χ1v) is 5.67. The smallest absolute Gasteiger partial charge is 0.319 e. The minimum atomic E-state index is -0.940. The van der Waals surface area contributed by atoms with Crippen LogP contribution in [0, 0.1) is 12.8 Å². The number of carbonyl (C=O) groups excluding carboxylic acids is 2. The van der Waals surface area contributed by atoms with Crippen LogP contribution in [0.1, 0.15) is 25.0 Å². The quantitative estimate of drug-likeness (QED) is 0.762. The number of aryl methyl sites for hydroxylation is 1. The van der Waals surface area contributed by atoms with Gasteiger partial charge in [-0.05, 0) is 18.4 Å². The largest absolute Gasteiger partial charge is 0.322 e. The van der Waals surface area contributed by atoms with Crippen molar-refractivity contribution in [1.29, 1.82) is 0 Å². The van der Waals surface area contributed by atoms with E-state index in [1.54, 1.807) is 0 Å². The molecule has 0 bridgehead atoms. The van der Waals surface area contributed by atoms with E-state index in [9.17, 15) is 9.59 Å². The molecule has 1 saturated heterocycles. The second-order valence-electron chi connectivity index (χ2n) is 4.74. The van der Waals surface area contributed by atoms with E-state index < -0.39 is 11.6 Å². The van der Waals surface area contributed by atoms with Crippen molar-refractivity contribution >= 4 is 11.9 Å². The lowest BCUT2D eigenvalue weighted by Gasteiger charge is -2.30. The van der Waals surface area contributed by atoms with Crippen LogP contribution in [0.25, 0.3) is 0 Å². The number of imide groups is 1. The fraction of sp³-hybridized carbons (Fsp3) is 0.385. The van der Waals surface area contributed by atoms with E-state index in [1.165, 1.54) is 0 Å². The number of nitrogens with one attached hydrogen (secondary N) is 2. The summed E-state index contributed by atoms with van der Waals surface area (Å²) in [6.07, 6.45) is 0. The number of benzene rings is 1. The van der Waals surface area contributed by atoms with Gasteiger partial charge in [-0.3, -0.25) is 10.1 Å². The Hall–Kier alpha value is -1.84. The highest BCUT2D eigenvalue weighted by atomic mass is 16.2. The molecule has 0 radical (unpaired) electrons. The van der Waals surface area contributed by atoms with Gasteiger partial charge in [0, 0.05) is 0 Å². The second-order valence-corrected chi connectivity index (χ2v) is 4.74. The summed E-state index contributed by atoms with van der Waals surface area (Å²) in [5.74, 6) is -0.294. The van der Waals surface area contributed by atoms with Crippen LogP contribution in [0.2, 0.25) is 0 Å². The van der Waals surface area contributed by atoms with Gasteiger partial charge in [0.2, 0.25) is 0 Å². The van der Waals surface area contributed by atoms with E-state index in [-0.39, 0.29) is 11.8 Å². The van der Waals surface area contributed by atoms with Crippen LogP contribution in [-0.4, -0.2) is 11.9 Å². The number of hydrogen-bond donors (Lipinski definition) is 2. The van der Waals surface area contributed by atoms with E-state index >= 15 is 0 Å². The molecule has 1 atom stereocenters. The third kappa shape index (κ3) is 1.69. The lowest BCUT2D eigenvalue weighted by Crippen LogP contribution is -2.48. The van der Waals surface area contributed by atoms with Crippen molar-refractivity contribution < 1.29 is 9.59 Å². The van der Waals surface area contributed by atoms with Crippen LogP contribution in [0.3, 0.4) is 0 Å². The topological polar surface area (TPSA) is 58.2 Å². The number of rotatable bonds is 2. The van der Waals surface area contributed by atoms with Crippen LogP contribution in [0.4, 0.5) is 4.79 Å². The van der Waals surface area contributed by atoms with Crippen LogP contribution in [0.15, 0.2) is 24.3 Å². The van der Waals surface area contributed by atoms with Gasteiger partial charge in [-0.15, -0.1) is 0 Å². The molecule has 4 nitrogen and oxygen atoms in total. The first kappa shape index (κ1) is 11.6. The zero-order valence-corrected chi connectivity index (χ0v) is 10.2. The fourth-order valence-corrected chi connectivity index (χ4v) is 2.23. The number of amides is 3. The van der Waals surface area contributed by atoms with E-state index in [2.05, 4.69) is 10.6 Å². The summed E-state index contributed by atoms with van der Waals surface area (Å²) in [4.78, 5) is 23.4. The summed E-state index contributed by atoms with van der Waals surface area (Å²) in [5, 5.41) is 5.07. The monoisotopic (exact) mass is 232 g/mol. The van der Waals surface area contributed by atoms with Crippen molar-refractivity contribution in [2.24, 2.45) is 5.92 Å². The lowest BCUT2D eigenvalue weighted by molar-refractivity contribution is -0.125. The highest BCUT2D eigenvalue weighted by Gasteiger charge is 2.49. The highest BCUT2D eigenvalue weighted by molar-refractivity contribution is 6.07. The molecular weight excluding hydrogens is 216 g/mol. The summed E-state index contributed by atoms with van der Waals surface area (Å²) < 4.78 is 0. The predicted molar refractivity (Wildman–Crippen MR) is 64.4 cm³/mol. The maximum Gasteiger partial charge on any atom is 0.322 e. The third-order valence-corrected chi connectivity index (χ3v) is 3.27. The molecule has 0 spiro atoms. The van der Waals surface area contributed by atoms with Gasteiger partial charge in [0.15, 0.2) is 0 Å². The van der Waals surface area contributed by atoms with Gasteiger partial charge in [0.1, 0.15) is 5.54 Å². The summed E-state index contributed by atoms with van der Waals surface area (Å²) in [5.41, 5.74) is 1.00. The SMILES string of the molecule is Cc1ccc(C2(C(C)C)NC(=O)NC2=O)cc1. The van der Waals surface area contributed by atoms with Gasteiger partial charge in [0.05, 0.1) is 0 Å². The molecule has 0 aliphatic carbocycles. The molecule has 0 aromatic heterocycles. The van der Waals surface area contributed by atoms with Crippen molar-refractivity contribution in [2.75, 3.05) is 0 Å². The predicted octanol–water partition coefficient (Wildman–Crippen LogP) is 1.69. The lowest BCUT2D eigenvalue weighted by atomic mass is 9.80. The maximum absolute atomic E-state index is 12.0. The summed E-state index contributed by atoms with van der Waals surface area (Å²) in [6.45, 7) is 5.83. The normalized spacial score (nSPS) is 23.8. The molecular formula is C13H16N2O2. The Labute approximate surface area is 100 Å². The van der Waals surface area contributed by atoms with Crippen LogP contribution >= 0.6 is 0 Å². The van der Waals surface area contributed by atoms with Crippen LogP contribution in [-0.2, 0) is 10.3 Å². The first-order chi connectivity index (χ1) is 7.96. The zero-order valence-electron chi connectivity index (χ0n) is 10.2. The molecule has 2 N–H and O–H groups in total. The maximum atomic E-state index is 12.0. The van der Waals surface area contributed by atoms with E-state index in [0.717, 1.165) is 11.1 Å². The minimum absolute atomic E-state index is 0.0170. The van der Waals surface area contributed by atoms with Crippen molar-refractivity contribution in [3.63, 3.8) is 0 Å². The molecule has 1 aromatic carbocycles. The second kappa shape index (κ2) is 3.87. The van der Waals surface area contributed by atoms with Crippen molar-refractivity contribution in [2.45, 2.75) is 26.3 Å². The molecule has 4 heteroatoms. The van der Waals surface area contributed by atoms with Crippen LogP contribution in [0.5, 0.6) is 0 Å². The van der Waals surface area contributed by atoms with Crippen molar-refractivity contribution in [3.8, 4) is 0 Å². The molecule has 0 saturated carbocycles. The van der Waals surface area contributed by atoms with E-state index in [1.807, 2.05) is 45.0 Å². The molecule has 90 valence electrons. The third-order valence-electron chi connectivity index (χ3n) is 3.27. The Kier molecular flexibility index (Phi) is 2.65. The summed E-state index contributed by atoms with van der Waals surface area (Å²) in [7, 11) is 0. The number of carbonyl (C=O) groups is 2. The summed E-state index contributed by atoms with van der Waals surface area (Å²) >= 11 is 0. The Balaban J connectivity index is 2.52. The van der Waals surface area contributed by atoms with E-state index in [4.69, 9.17) is 0 Å². The molecule has 1 aliphatic rings. The number of hydrogen-bond acceptors (Lipinski definition) is 2. The molecule has 2 rings (SSSR count).